The predicted octanol–water partition coefficient (Wildman–Crippen LogP) is 1.85. The van der Waals surface area contributed by atoms with Crippen LogP contribution in [0.4, 0.5) is 0 Å². The number of hydrogen-bond donors (Lipinski definition) is 2. The van der Waals surface area contributed by atoms with Crippen molar-refractivity contribution in [3.63, 3.8) is 0 Å². The highest BCUT2D eigenvalue weighted by molar-refractivity contribution is 7.80. The molecule has 3 N–H and O–H groups in total. The van der Waals surface area contributed by atoms with Crippen LogP contribution in [0.1, 0.15) is 28.8 Å². The molecule has 1 atom stereocenters. The maximum atomic E-state index is 12.0. The van der Waals surface area contributed by atoms with Crippen LogP contribution in [0.15, 0.2) is 10.8 Å². The summed E-state index contributed by atoms with van der Waals surface area (Å²) in [6, 6.07) is -0.137. The lowest BCUT2D eigenvalue weighted by atomic mass is 10.1. The van der Waals surface area contributed by atoms with Crippen LogP contribution in [0.25, 0.3) is 0 Å². The van der Waals surface area contributed by atoms with Crippen LogP contribution in [0, 0.1) is 12.8 Å². The van der Waals surface area contributed by atoms with Gasteiger partial charge in [0.25, 0.3) is 5.91 Å². The molecule has 0 aliphatic heterocycles. The third kappa shape index (κ3) is 2.41. The monoisotopic (exact) mass is 254 g/mol. The summed E-state index contributed by atoms with van der Waals surface area (Å²) < 4.78 is 0. The number of rotatable bonds is 4. The minimum absolute atomic E-state index is 0.0663. The number of carbonyl (C=O) groups excluding carboxylic acids is 1. The quantitative estimate of drug-likeness (QED) is 0.806. The van der Waals surface area contributed by atoms with E-state index in [0.717, 1.165) is 24.0 Å². The van der Waals surface area contributed by atoms with Crippen molar-refractivity contribution >= 4 is 34.5 Å². The van der Waals surface area contributed by atoms with Gasteiger partial charge in [-0.15, -0.1) is 0 Å². The molecule has 1 aromatic rings. The lowest BCUT2D eigenvalue weighted by Gasteiger charge is -2.16. The van der Waals surface area contributed by atoms with Gasteiger partial charge in [0.15, 0.2) is 0 Å². The van der Waals surface area contributed by atoms with Gasteiger partial charge in [0.05, 0.1) is 16.6 Å². The summed E-state index contributed by atoms with van der Waals surface area (Å²) in [4.78, 5) is 12.3. The molecule has 1 saturated carbocycles. The molecule has 0 aromatic carbocycles. The van der Waals surface area contributed by atoms with Crippen LogP contribution in [0.5, 0.6) is 0 Å². The molecule has 1 heterocycles. The van der Waals surface area contributed by atoms with Crippen molar-refractivity contribution in [2.45, 2.75) is 25.8 Å². The number of carbonyl (C=O) groups is 1. The van der Waals surface area contributed by atoms with Gasteiger partial charge >= 0.3 is 0 Å². The predicted molar refractivity (Wildman–Crippen MR) is 69.8 cm³/mol. The highest BCUT2D eigenvalue weighted by Gasteiger charge is 2.34. The van der Waals surface area contributed by atoms with Gasteiger partial charge in [0.2, 0.25) is 0 Å². The molecule has 86 valence electrons. The van der Waals surface area contributed by atoms with Crippen molar-refractivity contribution in [2.75, 3.05) is 0 Å². The van der Waals surface area contributed by atoms with Gasteiger partial charge in [-0.3, -0.25) is 4.79 Å². The van der Waals surface area contributed by atoms with Crippen LogP contribution in [0.2, 0.25) is 0 Å². The Hall–Kier alpha value is -0.940. The van der Waals surface area contributed by atoms with Crippen LogP contribution >= 0.6 is 23.6 Å². The zero-order valence-corrected chi connectivity index (χ0v) is 10.7. The van der Waals surface area contributed by atoms with Crippen LogP contribution in [-0.2, 0) is 0 Å². The molecule has 1 aliphatic rings. The molecule has 0 saturated heterocycles. The van der Waals surface area contributed by atoms with Crippen LogP contribution in [0.3, 0.4) is 0 Å². The molecular weight excluding hydrogens is 240 g/mol. The summed E-state index contributed by atoms with van der Waals surface area (Å²) in [7, 11) is 0. The third-order valence-electron chi connectivity index (χ3n) is 2.79. The number of nitrogens with one attached hydrogen (secondary N) is 1. The van der Waals surface area contributed by atoms with E-state index in [0.29, 0.717) is 10.9 Å². The van der Waals surface area contributed by atoms with Crippen molar-refractivity contribution in [1.82, 2.24) is 5.32 Å². The highest BCUT2D eigenvalue weighted by Crippen LogP contribution is 2.33. The normalized spacial score (nSPS) is 16.8. The number of thiocarbonyl (C=S) groups is 1. The van der Waals surface area contributed by atoms with Gasteiger partial charge in [-0.25, -0.2) is 0 Å². The molecule has 0 bridgehead atoms. The Morgan fingerprint density at radius 2 is 2.31 bits per heavy atom. The van der Waals surface area contributed by atoms with E-state index in [1.165, 1.54) is 11.3 Å². The van der Waals surface area contributed by atoms with E-state index in [1.54, 1.807) is 0 Å². The molecular formula is C11H14N2OS2. The van der Waals surface area contributed by atoms with Crippen molar-refractivity contribution < 1.29 is 4.79 Å². The van der Waals surface area contributed by atoms with E-state index in [1.807, 2.05) is 17.7 Å². The molecule has 0 radical (unpaired) electrons. The Kier molecular flexibility index (Phi) is 3.25. The molecule has 3 nitrogen and oxygen atoms in total. The summed E-state index contributed by atoms with van der Waals surface area (Å²) in [5.41, 5.74) is 7.37. The van der Waals surface area contributed by atoms with E-state index < -0.39 is 0 Å². The lowest BCUT2D eigenvalue weighted by Crippen LogP contribution is -2.45. The Bertz CT molecular complexity index is 423. The fourth-order valence-electron chi connectivity index (χ4n) is 1.66. The van der Waals surface area contributed by atoms with Gasteiger partial charge in [0.1, 0.15) is 0 Å². The smallest absolute Gasteiger partial charge is 0.252 e. The largest absolute Gasteiger partial charge is 0.392 e. The van der Waals surface area contributed by atoms with Crippen molar-refractivity contribution in [2.24, 2.45) is 11.7 Å². The van der Waals surface area contributed by atoms with Gasteiger partial charge in [-0.05, 0) is 36.6 Å². The maximum absolute atomic E-state index is 12.0. The minimum atomic E-state index is -0.137. The number of hydrogen-bond acceptors (Lipinski definition) is 3. The molecule has 5 heteroatoms. The number of nitrogens with two attached hydrogens (primary N) is 1. The van der Waals surface area contributed by atoms with Crippen molar-refractivity contribution in [1.29, 1.82) is 0 Å². The zero-order chi connectivity index (χ0) is 11.7. The topological polar surface area (TPSA) is 55.1 Å². The molecule has 1 amide bonds. The van der Waals surface area contributed by atoms with Crippen molar-refractivity contribution in [3.8, 4) is 0 Å². The molecule has 0 spiro atoms. The average Bonchev–Trinajstić information content (AvgIpc) is 2.96. The molecule has 16 heavy (non-hydrogen) atoms. The third-order valence-corrected chi connectivity index (χ3v) is 3.90. The second kappa shape index (κ2) is 4.51. The van der Waals surface area contributed by atoms with Gasteiger partial charge in [-0.1, -0.05) is 12.2 Å². The number of thiophene rings is 1. The Labute approximate surface area is 104 Å². The Morgan fingerprint density at radius 3 is 2.75 bits per heavy atom. The van der Waals surface area contributed by atoms with E-state index in [-0.39, 0.29) is 11.9 Å². The molecule has 1 aromatic heterocycles. The van der Waals surface area contributed by atoms with E-state index in [4.69, 9.17) is 18.0 Å². The molecule has 1 aliphatic carbocycles. The summed E-state index contributed by atoms with van der Waals surface area (Å²) in [5, 5.41) is 6.74. The summed E-state index contributed by atoms with van der Waals surface area (Å²) >= 11 is 6.51. The maximum Gasteiger partial charge on any atom is 0.252 e. The average molecular weight is 254 g/mol. The van der Waals surface area contributed by atoms with E-state index in [2.05, 4.69) is 5.32 Å². The Balaban J connectivity index is 2.06. The Morgan fingerprint density at radius 1 is 1.62 bits per heavy atom. The highest BCUT2D eigenvalue weighted by atomic mass is 32.1. The van der Waals surface area contributed by atoms with Crippen molar-refractivity contribution in [3.05, 3.63) is 21.9 Å². The van der Waals surface area contributed by atoms with E-state index in [9.17, 15) is 4.79 Å². The van der Waals surface area contributed by atoms with Gasteiger partial charge < -0.3 is 11.1 Å². The van der Waals surface area contributed by atoms with Gasteiger partial charge in [-0.2, -0.15) is 11.3 Å². The summed E-state index contributed by atoms with van der Waals surface area (Å²) in [6.45, 7) is 1.93. The standard InChI is InChI=1S/C11H14N2OS2/c1-6-4-16-5-8(6)11(14)13-9(10(12)15)7-2-3-7/h4-5,7,9H,2-3H2,1H3,(H2,12,15)(H,13,14). The number of amides is 1. The van der Waals surface area contributed by atoms with Gasteiger partial charge in [0, 0.05) is 5.38 Å². The zero-order valence-electron chi connectivity index (χ0n) is 9.03. The molecule has 1 fully saturated rings. The second-order valence-electron chi connectivity index (χ2n) is 4.16. The summed E-state index contributed by atoms with van der Waals surface area (Å²) in [6.07, 6.45) is 2.20. The van der Waals surface area contributed by atoms with E-state index >= 15 is 0 Å². The molecule has 2 rings (SSSR count). The molecule has 1 unspecified atom stereocenters. The summed E-state index contributed by atoms with van der Waals surface area (Å²) in [5.74, 6) is 0.379. The van der Waals surface area contributed by atoms with Crippen LogP contribution < -0.4 is 11.1 Å². The SMILES string of the molecule is Cc1cscc1C(=O)NC(C(N)=S)C1CC1. The first-order valence-corrected chi connectivity index (χ1v) is 6.57. The minimum Gasteiger partial charge on any atom is -0.392 e. The second-order valence-corrected chi connectivity index (χ2v) is 5.37. The first kappa shape index (κ1) is 11.5. The van der Waals surface area contributed by atoms with Crippen LogP contribution in [-0.4, -0.2) is 16.9 Å². The lowest BCUT2D eigenvalue weighted by molar-refractivity contribution is 0.0943. The number of aryl methyl sites for hydroxylation is 1. The fraction of sp³-hybridized carbons (Fsp3) is 0.455. The first-order valence-electron chi connectivity index (χ1n) is 5.22. The first-order chi connectivity index (χ1) is 7.59. The fourth-order valence-corrected chi connectivity index (χ4v) is 2.74.